The molecule has 7 nitrogen and oxygen atoms in total. The molecule has 1 atom stereocenters. The number of hydrogen-bond donors (Lipinski definition) is 1. The van der Waals surface area contributed by atoms with Gasteiger partial charge in [-0.15, -0.1) is 0 Å². The third kappa shape index (κ3) is 3.42. The lowest BCUT2D eigenvalue weighted by molar-refractivity contribution is 0.222. The van der Waals surface area contributed by atoms with E-state index in [1.807, 2.05) is 49.4 Å². The summed E-state index contributed by atoms with van der Waals surface area (Å²) in [7, 11) is 0. The van der Waals surface area contributed by atoms with Crippen LogP contribution in [0.15, 0.2) is 53.2 Å². The summed E-state index contributed by atoms with van der Waals surface area (Å²) in [5.74, 6) is 1.10. The number of carbonyl (C=O) groups excluding carboxylic acids is 1. The minimum atomic E-state index is -0.105. The molecule has 1 aliphatic heterocycles. The molecular formula is C19H19N5O2. The molecule has 0 radical (unpaired) electrons. The Morgan fingerprint density at radius 2 is 2.19 bits per heavy atom. The molecule has 1 unspecified atom stereocenters. The largest absolute Gasteiger partial charge is 0.332 e. The summed E-state index contributed by atoms with van der Waals surface area (Å²) in [4.78, 5) is 22.9. The molecule has 0 bridgehead atoms. The Kier molecular flexibility index (Phi) is 4.35. The molecule has 4 rings (SSSR count). The number of pyridine rings is 1. The summed E-state index contributed by atoms with van der Waals surface area (Å²) in [6.45, 7) is 3.23. The van der Waals surface area contributed by atoms with Crippen LogP contribution < -0.4 is 5.32 Å². The van der Waals surface area contributed by atoms with E-state index in [1.54, 1.807) is 11.1 Å². The Morgan fingerprint density at radius 3 is 3.00 bits per heavy atom. The van der Waals surface area contributed by atoms with E-state index in [1.165, 1.54) is 0 Å². The topological polar surface area (TPSA) is 84.2 Å². The molecule has 0 aliphatic carbocycles. The van der Waals surface area contributed by atoms with Gasteiger partial charge in [-0.2, -0.15) is 4.98 Å². The maximum atomic E-state index is 12.5. The number of aryl methyl sites for hydroxylation is 1. The van der Waals surface area contributed by atoms with E-state index < -0.39 is 0 Å². The molecule has 1 N–H and O–H groups in total. The SMILES string of the molecule is Cc1cccc(NC(=O)N2CCC(c3noc(-c4ccccn4)n3)C2)c1. The maximum Gasteiger partial charge on any atom is 0.321 e. The molecule has 26 heavy (non-hydrogen) atoms. The summed E-state index contributed by atoms with van der Waals surface area (Å²) in [5.41, 5.74) is 2.56. The number of carbonyl (C=O) groups is 1. The molecule has 2 amide bonds. The number of benzene rings is 1. The fourth-order valence-electron chi connectivity index (χ4n) is 3.07. The van der Waals surface area contributed by atoms with E-state index in [0.29, 0.717) is 30.5 Å². The lowest BCUT2D eigenvalue weighted by Gasteiger charge is -2.17. The fraction of sp³-hybridized carbons (Fsp3) is 0.263. The molecule has 3 heterocycles. The van der Waals surface area contributed by atoms with Gasteiger partial charge in [-0.1, -0.05) is 23.4 Å². The second-order valence-electron chi connectivity index (χ2n) is 6.40. The van der Waals surface area contributed by atoms with Crippen LogP contribution in [0, 0.1) is 6.92 Å². The lowest BCUT2D eigenvalue weighted by Crippen LogP contribution is -2.32. The Hall–Kier alpha value is -3.22. The van der Waals surface area contributed by atoms with E-state index in [2.05, 4.69) is 20.4 Å². The zero-order valence-corrected chi connectivity index (χ0v) is 14.4. The van der Waals surface area contributed by atoms with E-state index in [4.69, 9.17) is 4.52 Å². The van der Waals surface area contributed by atoms with Gasteiger partial charge in [0.25, 0.3) is 5.89 Å². The van der Waals surface area contributed by atoms with Crippen molar-refractivity contribution >= 4 is 11.7 Å². The zero-order valence-electron chi connectivity index (χ0n) is 14.4. The van der Waals surface area contributed by atoms with Crippen LogP contribution in [0.1, 0.15) is 23.7 Å². The first kappa shape index (κ1) is 16.3. The highest BCUT2D eigenvalue weighted by Gasteiger charge is 2.30. The summed E-state index contributed by atoms with van der Waals surface area (Å²) < 4.78 is 5.32. The Bertz CT molecular complexity index is 909. The molecule has 1 aliphatic rings. The van der Waals surface area contributed by atoms with E-state index in [-0.39, 0.29) is 11.9 Å². The monoisotopic (exact) mass is 349 g/mol. The van der Waals surface area contributed by atoms with Gasteiger partial charge in [0.2, 0.25) is 0 Å². The fourth-order valence-corrected chi connectivity index (χ4v) is 3.07. The number of amides is 2. The number of rotatable bonds is 3. The van der Waals surface area contributed by atoms with Gasteiger partial charge < -0.3 is 14.7 Å². The van der Waals surface area contributed by atoms with Gasteiger partial charge in [-0.25, -0.2) is 4.79 Å². The van der Waals surface area contributed by atoms with Gasteiger partial charge in [0.05, 0.1) is 0 Å². The predicted molar refractivity (Wildman–Crippen MR) is 96.7 cm³/mol. The van der Waals surface area contributed by atoms with Crippen LogP contribution in [0.4, 0.5) is 10.5 Å². The molecular weight excluding hydrogens is 330 g/mol. The average Bonchev–Trinajstić information content (AvgIpc) is 3.32. The van der Waals surface area contributed by atoms with Crippen LogP contribution in [0.5, 0.6) is 0 Å². The average molecular weight is 349 g/mol. The van der Waals surface area contributed by atoms with Gasteiger partial charge >= 0.3 is 6.03 Å². The van der Waals surface area contributed by atoms with E-state index in [0.717, 1.165) is 17.7 Å². The summed E-state index contributed by atoms with van der Waals surface area (Å²) in [6, 6.07) is 13.2. The van der Waals surface area contributed by atoms with Crippen molar-refractivity contribution in [2.24, 2.45) is 0 Å². The van der Waals surface area contributed by atoms with E-state index in [9.17, 15) is 4.79 Å². The molecule has 1 aromatic carbocycles. The second-order valence-corrected chi connectivity index (χ2v) is 6.40. The zero-order chi connectivity index (χ0) is 17.9. The number of hydrogen-bond acceptors (Lipinski definition) is 5. The third-order valence-electron chi connectivity index (χ3n) is 4.44. The minimum absolute atomic E-state index is 0.0690. The van der Waals surface area contributed by atoms with Crippen molar-refractivity contribution in [3.8, 4) is 11.6 Å². The number of likely N-dealkylation sites (tertiary alicyclic amines) is 1. The third-order valence-corrected chi connectivity index (χ3v) is 4.44. The minimum Gasteiger partial charge on any atom is -0.332 e. The van der Waals surface area contributed by atoms with Crippen molar-refractivity contribution in [2.45, 2.75) is 19.3 Å². The molecule has 1 saturated heterocycles. The van der Waals surface area contributed by atoms with Crippen molar-refractivity contribution in [2.75, 3.05) is 18.4 Å². The molecule has 0 saturated carbocycles. The molecule has 2 aromatic heterocycles. The van der Waals surface area contributed by atoms with Gasteiger partial charge in [0.15, 0.2) is 5.82 Å². The smallest absolute Gasteiger partial charge is 0.321 e. The van der Waals surface area contributed by atoms with Crippen LogP contribution >= 0.6 is 0 Å². The number of urea groups is 1. The number of anilines is 1. The molecule has 132 valence electrons. The van der Waals surface area contributed by atoms with Crippen molar-refractivity contribution < 1.29 is 9.32 Å². The highest BCUT2D eigenvalue weighted by Crippen LogP contribution is 2.27. The van der Waals surface area contributed by atoms with Crippen LogP contribution in [0.3, 0.4) is 0 Å². The molecule has 1 fully saturated rings. The highest BCUT2D eigenvalue weighted by molar-refractivity contribution is 5.89. The van der Waals surface area contributed by atoms with Crippen molar-refractivity contribution in [1.82, 2.24) is 20.0 Å². The van der Waals surface area contributed by atoms with Crippen molar-refractivity contribution in [3.63, 3.8) is 0 Å². The van der Waals surface area contributed by atoms with Crippen LogP contribution in [-0.2, 0) is 0 Å². The standard InChI is InChI=1S/C19H19N5O2/c1-13-5-4-6-15(11-13)21-19(25)24-10-8-14(12-24)17-22-18(26-23-17)16-7-2-3-9-20-16/h2-7,9,11,14H,8,10,12H2,1H3,(H,21,25). The molecule has 3 aromatic rings. The summed E-state index contributed by atoms with van der Waals surface area (Å²) >= 11 is 0. The van der Waals surface area contributed by atoms with Gasteiger partial charge in [0, 0.05) is 30.9 Å². The van der Waals surface area contributed by atoms with Crippen molar-refractivity contribution in [1.29, 1.82) is 0 Å². The molecule has 0 spiro atoms. The lowest BCUT2D eigenvalue weighted by atomic mass is 10.1. The van der Waals surface area contributed by atoms with Crippen LogP contribution in [0.25, 0.3) is 11.6 Å². The predicted octanol–water partition coefficient (Wildman–Crippen LogP) is 3.46. The van der Waals surface area contributed by atoms with Crippen LogP contribution in [0.2, 0.25) is 0 Å². The quantitative estimate of drug-likeness (QED) is 0.783. The van der Waals surface area contributed by atoms with Crippen LogP contribution in [-0.4, -0.2) is 39.1 Å². The number of aromatic nitrogens is 3. The summed E-state index contributed by atoms with van der Waals surface area (Å²) in [6.07, 6.45) is 2.49. The van der Waals surface area contributed by atoms with Crippen molar-refractivity contribution in [3.05, 3.63) is 60.0 Å². The van der Waals surface area contributed by atoms with Gasteiger partial charge in [-0.05, 0) is 43.2 Å². The normalized spacial score (nSPS) is 16.7. The first-order valence-electron chi connectivity index (χ1n) is 8.56. The Morgan fingerprint density at radius 1 is 1.27 bits per heavy atom. The van der Waals surface area contributed by atoms with E-state index >= 15 is 0 Å². The second kappa shape index (κ2) is 6.95. The van der Waals surface area contributed by atoms with Gasteiger partial charge in [0.1, 0.15) is 5.69 Å². The number of nitrogens with one attached hydrogen (secondary N) is 1. The first-order valence-corrected chi connectivity index (χ1v) is 8.56. The first-order chi connectivity index (χ1) is 12.7. The van der Waals surface area contributed by atoms with Gasteiger partial charge in [-0.3, -0.25) is 4.98 Å². The summed E-state index contributed by atoms with van der Waals surface area (Å²) in [5, 5.41) is 7.02. The highest BCUT2D eigenvalue weighted by atomic mass is 16.5. The molecule has 7 heteroatoms. The number of nitrogens with zero attached hydrogens (tertiary/aromatic N) is 4. The maximum absolute atomic E-state index is 12.5. The Balaban J connectivity index is 1.41. The Labute approximate surface area is 151 Å².